The molecule has 2 unspecified atom stereocenters. The highest BCUT2D eigenvalue weighted by Gasteiger charge is 2.36. The van der Waals surface area contributed by atoms with Crippen LogP contribution in [0, 0.1) is 5.92 Å². The molecule has 0 heterocycles. The van der Waals surface area contributed by atoms with Crippen molar-refractivity contribution in [1.29, 1.82) is 0 Å². The molecule has 1 saturated carbocycles. The van der Waals surface area contributed by atoms with Crippen molar-refractivity contribution < 1.29 is 15.0 Å². The van der Waals surface area contributed by atoms with Gasteiger partial charge in [-0.05, 0) is 37.2 Å². The van der Waals surface area contributed by atoms with E-state index in [-0.39, 0.29) is 12.3 Å². The molecular weight excluding hydrogens is 216 g/mol. The number of rotatable bonds is 3. The van der Waals surface area contributed by atoms with E-state index in [4.69, 9.17) is 5.11 Å². The van der Waals surface area contributed by atoms with Gasteiger partial charge in [0.15, 0.2) is 0 Å². The number of hydrogen-bond donors (Lipinski definition) is 2. The van der Waals surface area contributed by atoms with E-state index in [1.165, 1.54) is 0 Å². The molecule has 0 amide bonds. The van der Waals surface area contributed by atoms with Crippen molar-refractivity contribution in [3.63, 3.8) is 0 Å². The molecule has 2 atom stereocenters. The summed E-state index contributed by atoms with van der Waals surface area (Å²) < 4.78 is 0. The fraction of sp³-hybridized carbons (Fsp3) is 0.500. The van der Waals surface area contributed by atoms with E-state index in [0.29, 0.717) is 6.42 Å². The molecular formula is C14H18O3. The average molecular weight is 234 g/mol. The lowest BCUT2D eigenvalue weighted by Crippen LogP contribution is -2.33. The normalized spacial score (nSPS) is 28.9. The maximum Gasteiger partial charge on any atom is 0.303 e. The highest BCUT2D eigenvalue weighted by Crippen LogP contribution is 2.40. The summed E-state index contributed by atoms with van der Waals surface area (Å²) in [5, 5.41) is 19.5. The van der Waals surface area contributed by atoms with Crippen LogP contribution in [-0.2, 0) is 10.4 Å². The third-order valence-electron chi connectivity index (χ3n) is 3.60. The summed E-state index contributed by atoms with van der Waals surface area (Å²) in [5.41, 5.74) is 0.0784. The second-order valence-corrected chi connectivity index (χ2v) is 4.96. The Kier molecular flexibility index (Phi) is 3.48. The van der Waals surface area contributed by atoms with Gasteiger partial charge in [0.2, 0.25) is 0 Å². The van der Waals surface area contributed by atoms with Crippen LogP contribution in [0.1, 0.15) is 37.7 Å². The van der Waals surface area contributed by atoms with Crippen LogP contribution in [-0.4, -0.2) is 16.2 Å². The first kappa shape index (κ1) is 12.1. The summed E-state index contributed by atoms with van der Waals surface area (Å²) in [4.78, 5) is 10.7. The standard InChI is InChI=1S/C14H18O3/c15-13(16)9-11-5-4-8-14(17,10-11)12-6-2-1-3-7-12/h1-3,6-7,11,17H,4-5,8-10H2,(H,15,16). The molecule has 1 aromatic rings. The predicted octanol–water partition coefficient (Wildman–Crippen LogP) is 2.54. The molecule has 92 valence electrons. The Balaban J connectivity index is 2.12. The summed E-state index contributed by atoms with van der Waals surface area (Å²) in [6.45, 7) is 0. The van der Waals surface area contributed by atoms with Crippen molar-refractivity contribution in [2.45, 2.75) is 37.7 Å². The molecule has 1 fully saturated rings. The van der Waals surface area contributed by atoms with E-state index in [0.717, 1.165) is 24.8 Å². The largest absolute Gasteiger partial charge is 0.481 e. The molecule has 2 N–H and O–H groups in total. The van der Waals surface area contributed by atoms with E-state index in [9.17, 15) is 9.90 Å². The first-order valence-electron chi connectivity index (χ1n) is 6.10. The third-order valence-corrected chi connectivity index (χ3v) is 3.60. The summed E-state index contributed by atoms with van der Waals surface area (Å²) in [6, 6.07) is 9.58. The van der Waals surface area contributed by atoms with Crippen molar-refractivity contribution in [2.24, 2.45) is 5.92 Å². The maximum atomic E-state index is 10.7. The van der Waals surface area contributed by atoms with Crippen LogP contribution in [0.3, 0.4) is 0 Å². The van der Waals surface area contributed by atoms with Crippen molar-refractivity contribution in [2.75, 3.05) is 0 Å². The van der Waals surface area contributed by atoms with Crippen LogP contribution < -0.4 is 0 Å². The van der Waals surface area contributed by atoms with Gasteiger partial charge in [-0.25, -0.2) is 0 Å². The van der Waals surface area contributed by atoms with Crippen molar-refractivity contribution in [3.8, 4) is 0 Å². The van der Waals surface area contributed by atoms with Gasteiger partial charge in [-0.2, -0.15) is 0 Å². The molecule has 0 aromatic heterocycles. The molecule has 0 spiro atoms. The number of carbonyl (C=O) groups is 1. The molecule has 3 nitrogen and oxygen atoms in total. The van der Waals surface area contributed by atoms with E-state index < -0.39 is 11.6 Å². The van der Waals surface area contributed by atoms with E-state index in [1.54, 1.807) is 0 Å². The quantitative estimate of drug-likeness (QED) is 0.845. The monoisotopic (exact) mass is 234 g/mol. The molecule has 1 aromatic carbocycles. The minimum absolute atomic E-state index is 0.0893. The Morgan fingerprint density at radius 3 is 2.71 bits per heavy atom. The van der Waals surface area contributed by atoms with Gasteiger partial charge in [0.05, 0.1) is 5.60 Å². The van der Waals surface area contributed by atoms with Gasteiger partial charge in [-0.1, -0.05) is 30.3 Å². The van der Waals surface area contributed by atoms with Gasteiger partial charge in [0.1, 0.15) is 0 Å². The maximum absolute atomic E-state index is 10.7. The summed E-state index contributed by atoms with van der Waals surface area (Å²) in [6.07, 6.45) is 3.25. The lowest BCUT2D eigenvalue weighted by molar-refractivity contribution is -0.139. The molecule has 3 heteroatoms. The van der Waals surface area contributed by atoms with Crippen LogP contribution in [0.4, 0.5) is 0 Å². The zero-order valence-electron chi connectivity index (χ0n) is 9.80. The van der Waals surface area contributed by atoms with Crippen molar-refractivity contribution in [3.05, 3.63) is 35.9 Å². The molecule has 0 radical (unpaired) electrons. The molecule has 17 heavy (non-hydrogen) atoms. The lowest BCUT2D eigenvalue weighted by atomic mass is 9.73. The van der Waals surface area contributed by atoms with Crippen molar-refractivity contribution in [1.82, 2.24) is 0 Å². The average Bonchev–Trinajstić information content (AvgIpc) is 2.29. The Morgan fingerprint density at radius 1 is 1.35 bits per heavy atom. The van der Waals surface area contributed by atoms with Crippen LogP contribution in [0.15, 0.2) is 30.3 Å². The number of carboxylic acids is 1. The second-order valence-electron chi connectivity index (χ2n) is 4.96. The number of aliphatic carboxylic acids is 1. The van der Waals surface area contributed by atoms with Gasteiger partial charge >= 0.3 is 5.97 Å². The first-order chi connectivity index (χ1) is 8.10. The molecule has 1 aliphatic rings. The number of aliphatic hydroxyl groups is 1. The van der Waals surface area contributed by atoms with Gasteiger partial charge in [0, 0.05) is 6.42 Å². The Bertz CT molecular complexity index is 388. The van der Waals surface area contributed by atoms with Gasteiger partial charge in [-0.3, -0.25) is 4.79 Å². The lowest BCUT2D eigenvalue weighted by Gasteiger charge is -2.36. The first-order valence-corrected chi connectivity index (χ1v) is 6.10. The number of benzene rings is 1. The van der Waals surface area contributed by atoms with Gasteiger partial charge < -0.3 is 10.2 Å². The number of hydrogen-bond acceptors (Lipinski definition) is 2. The van der Waals surface area contributed by atoms with E-state index in [1.807, 2.05) is 30.3 Å². The Hall–Kier alpha value is -1.35. The highest BCUT2D eigenvalue weighted by atomic mass is 16.4. The van der Waals surface area contributed by atoms with E-state index in [2.05, 4.69) is 0 Å². The zero-order valence-corrected chi connectivity index (χ0v) is 9.80. The summed E-state index contributed by atoms with van der Waals surface area (Å²) in [7, 11) is 0. The molecule has 2 rings (SSSR count). The molecule has 0 bridgehead atoms. The fourth-order valence-corrected chi connectivity index (χ4v) is 2.80. The Morgan fingerprint density at radius 2 is 2.06 bits per heavy atom. The minimum Gasteiger partial charge on any atom is -0.481 e. The number of carboxylic acid groups (broad SMARTS) is 1. The summed E-state index contributed by atoms with van der Waals surface area (Å²) >= 11 is 0. The van der Waals surface area contributed by atoms with Gasteiger partial charge in [0.25, 0.3) is 0 Å². The molecule has 1 aliphatic carbocycles. The third kappa shape index (κ3) is 2.86. The highest BCUT2D eigenvalue weighted by molar-refractivity contribution is 5.67. The van der Waals surface area contributed by atoms with E-state index >= 15 is 0 Å². The van der Waals surface area contributed by atoms with Gasteiger partial charge in [-0.15, -0.1) is 0 Å². The second kappa shape index (κ2) is 4.88. The van der Waals surface area contributed by atoms with Crippen LogP contribution >= 0.6 is 0 Å². The topological polar surface area (TPSA) is 57.5 Å². The van der Waals surface area contributed by atoms with Crippen LogP contribution in [0.25, 0.3) is 0 Å². The fourth-order valence-electron chi connectivity index (χ4n) is 2.80. The van der Waals surface area contributed by atoms with Crippen LogP contribution in [0.5, 0.6) is 0 Å². The molecule has 0 aliphatic heterocycles. The van der Waals surface area contributed by atoms with Crippen molar-refractivity contribution >= 4 is 5.97 Å². The summed E-state index contributed by atoms with van der Waals surface area (Å²) in [5.74, 6) is -0.682. The van der Waals surface area contributed by atoms with Crippen LogP contribution in [0.2, 0.25) is 0 Å². The minimum atomic E-state index is -0.834. The zero-order chi connectivity index (χ0) is 12.3. The predicted molar refractivity (Wildman–Crippen MR) is 64.5 cm³/mol. The smallest absolute Gasteiger partial charge is 0.303 e. The molecule has 0 saturated heterocycles. The SMILES string of the molecule is O=C(O)CC1CCCC(O)(c2ccccc2)C1. The Labute approximate surface area is 101 Å².